The highest BCUT2D eigenvalue weighted by Crippen LogP contribution is 2.29. The van der Waals surface area contributed by atoms with Crippen molar-refractivity contribution in [2.24, 2.45) is 0 Å². The molecular formula is C20H20N2O2S2. The van der Waals surface area contributed by atoms with E-state index in [1.807, 2.05) is 19.1 Å². The molecule has 134 valence electrons. The Morgan fingerprint density at radius 2 is 2.12 bits per heavy atom. The first-order valence-electron chi connectivity index (χ1n) is 8.70. The molecule has 0 saturated carbocycles. The van der Waals surface area contributed by atoms with E-state index in [0.717, 1.165) is 39.0 Å². The summed E-state index contributed by atoms with van der Waals surface area (Å²) in [5, 5.41) is 6.05. The van der Waals surface area contributed by atoms with Gasteiger partial charge in [-0.3, -0.25) is 4.79 Å². The van der Waals surface area contributed by atoms with Crippen LogP contribution < -0.4 is 10.1 Å². The summed E-state index contributed by atoms with van der Waals surface area (Å²) in [5.41, 5.74) is 3.77. The van der Waals surface area contributed by atoms with Crippen molar-refractivity contribution in [1.29, 1.82) is 0 Å². The molecular weight excluding hydrogens is 364 g/mol. The number of aryl methyl sites for hydroxylation is 3. The highest BCUT2D eigenvalue weighted by atomic mass is 32.1. The van der Waals surface area contributed by atoms with Crippen LogP contribution in [0, 0.1) is 6.92 Å². The molecule has 1 aliphatic carbocycles. The third-order valence-corrected chi connectivity index (χ3v) is 6.31. The second kappa shape index (κ2) is 7.60. The van der Waals surface area contributed by atoms with Gasteiger partial charge >= 0.3 is 0 Å². The van der Waals surface area contributed by atoms with E-state index in [0.29, 0.717) is 6.54 Å². The standard InChI is InChI=1S/C20H20N2O2S2/c1-13-22-18(12-25-13)19-8-7-17(26-19)10-21-20(23)11-24-16-6-5-14-3-2-4-15(14)9-16/h5-9,12H,2-4,10-11H2,1H3,(H,21,23). The molecule has 0 radical (unpaired) electrons. The van der Waals surface area contributed by atoms with E-state index in [1.165, 1.54) is 17.5 Å². The Kier molecular flexibility index (Phi) is 5.04. The smallest absolute Gasteiger partial charge is 0.258 e. The van der Waals surface area contributed by atoms with Crippen molar-refractivity contribution in [2.75, 3.05) is 6.61 Å². The number of carbonyl (C=O) groups is 1. The first-order chi connectivity index (χ1) is 12.7. The molecule has 1 aromatic carbocycles. The number of nitrogens with one attached hydrogen (secondary N) is 1. The number of fused-ring (bicyclic) bond motifs is 1. The highest BCUT2D eigenvalue weighted by molar-refractivity contribution is 7.16. The van der Waals surface area contributed by atoms with Gasteiger partial charge in [-0.1, -0.05) is 6.07 Å². The monoisotopic (exact) mass is 384 g/mol. The zero-order chi connectivity index (χ0) is 17.9. The van der Waals surface area contributed by atoms with Crippen LogP contribution >= 0.6 is 22.7 Å². The topological polar surface area (TPSA) is 51.2 Å². The Labute approximate surface area is 160 Å². The summed E-state index contributed by atoms with van der Waals surface area (Å²) in [4.78, 5) is 18.8. The van der Waals surface area contributed by atoms with E-state index in [1.54, 1.807) is 22.7 Å². The molecule has 1 aliphatic rings. The largest absolute Gasteiger partial charge is 0.484 e. The molecule has 6 heteroatoms. The quantitative estimate of drug-likeness (QED) is 0.687. The summed E-state index contributed by atoms with van der Waals surface area (Å²) >= 11 is 3.31. The number of carbonyl (C=O) groups excluding carboxylic acids is 1. The van der Waals surface area contributed by atoms with E-state index < -0.39 is 0 Å². The molecule has 4 rings (SSSR count). The molecule has 0 spiro atoms. The first kappa shape index (κ1) is 17.2. The van der Waals surface area contributed by atoms with Crippen LogP contribution in [0.4, 0.5) is 0 Å². The molecule has 2 heterocycles. The molecule has 1 N–H and O–H groups in total. The minimum absolute atomic E-state index is 0.0439. The number of hydrogen-bond donors (Lipinski definition) is 1. The minimum atomic E-state index is -0.107. The number of amides is 1. The second-order valence-corrected chi connectivity index (χ2v) is 8.60. The van der Waals surface area contributed by atoms with Crippen molar-refractivity contribution in [3.63, 3.8) is 0 Å². The summed E-state index contributed by atoms with van der Waals surface area (Å²) in [6, 6.07) is 10.2. The molecule has 26 heavy (non-hydrogen) atoms. The molecule has 3 aromatic rings. The lowest BCUT2D eigenvalue weighted by Gasteiger charge is -2.08. The summed E-state index contributed by atoms with van der Waals surface area (Å²) in [6.45, 7) is 2.56. The molecule has 0 atom stereocenters. The SMILES string of the molecule is Cc1nc(-c2ccc(CNC(=O)COc3ccc4c(c3)CCC4)s2)cs1. The maximum absolute atomic E-state index is 12.1. The summed E-state index contributed by atoms with van der Waals surface area (Å²) in [6.07, 6.45) is 3.47. The lowest BCUT2D eigenvalue weighted by molar-refractivity contribution is -0.123. The van der Waals surface area contributed by atoms with E-state index in [-0.39, 0.29) is 12.5 Å². The van der Waals surface area contributed by atoms with Gasteiger partial charge in [0.1, 0.15) is 5.75 Å². The van der Waals surface area contributed by atoms with Crippen LogP contribution in [0.15, 0.2) is 35.7 Å². The summed E-state index contributed by atoms with van der Waals surface area (Å²) < 4.78 is 5.64. The average Bonchev–Trinajstić information content (AvgIpc) is 3.37. The zero-order valence-corrected chi connectivity index (χ0v) is 16.2. The van der Waals surface area contributed by atoms with Crippen LogP contribution in [0.2, 0.25) is 0 Å². The third-order valence-electron chi connectivity index (χ3n) is 4.43. The number of thiazole rings is 1. The van der Waals surface area contributed by atoms with Crippen molar-refractivity contribution in [3.05, 3.63) is 56.7 Å². The molecule has 0 fully saturated rings. The molecule has 0 saturated heterocycles. The van der Waals surface area contributed by atoms with E-state index in [4.69, 9.17) is 4.74 Å². The lowest BCUT2D eigenvalue weighted by atomic mass is 10.1. The van der Waals surface area contributed by atoms with Crippen LogP contribution in [0.3, 0.4) is 0 Å². The van der Waals surface area contributed by atoms with Crippen LogP contribution in [-0.2, 0) is 24.2 Å². The van der Waals surface area contributed by atoms with Gasteiger partial charge in [0, 0.05) is 10.3 Å². The fourth-order valence-electron chi connectivity index (χ4n) is 3.11. The predicted octanol–water partition coefficient (Wildman–Crippen LogP) is 4.36. The minimum Gasteiger partial charge on any atom is -0.484 e. The number of ether oxygens (including phenoxy) is 1. The van der Waals surface area contributed by atoms with Crippen molar-refractivity contribution >= 4 is 28.6 Å². The maximum Gasteiger partial charge on any atom is 0.258 e. The predicted molar refractivity (Wildman–Crippen MR) is 106 cm³/mol. The molecule has 0 aliphatic heterocycles. The normalized spacial score (nSPS) is 12.8. The number of thiophene rings is 1. The van der Waals surface area contributed by atoms with Crippen LogP contribution in [0.25, 0.3) is 10.6 Å². The Morgan fingerprint density at radius 1 is 1.23 bits per heavy atom. The van der Waals surface area contributed by atoms with Crippen molar-refractivity contribution in [2.45, 2.75) is 32.7 Å². The number of benzene rings is 1. The average molecular weight is 385 g/mol. The zero-order valence-electron chi connectivity index (χ0n) is 14.6. The van der Waals surface area contributed by atoms with Gasteiger partial charge in [-0.25, -0.2) is 4.98 Å². The maximum atomic E-state index is 12.1. The number of aromatic nitrogens is 1. The van der Waals surface area contributed by atoms with Crippen LogP contribution in [0.1, 0.15) is 27.4 Å². The highest BCUT2D eigenvalue weighted by Gasteiger charge is 2.12. The second-order valence-electron chi connectivity index (χ2n) is 6.37. The van der Waals surface area contributed by atoms with Crippen LogP contribution in [-0.4, -0.2) is 17.5 Å². The van der Waals surface area contributed by atoms with Gasteiger partial charge in [-0.2, -0.15) is 0 Å². The number of nitrogens with zero attached hydrogens (tertiary/aromatic N) is 1. The lowest BCUT2D eigenvalue weighted by Crippen LogP contribution is -2.28. The first-order valence-corrected chi connectivity index (χ1v) is 10.4. The fourth-order valence-corrected chi connectivity index (χ4v) is 4.71. The molecule has 2 aromatic heterocycles. The van der Waals surface area contributed by atoms with Gasteiger partial charge in [0.25, 0.3) is 5.91 Å². The molecule has 0 bridgehead atoms. The van der Waals surface area contributed by atoms with Crippen molar-refractivity contribution < 1.29 is 9.53 Å². The van der Waals surface area contributed by atoms with Crippen molar-refractivity contribution in [1.82, 2.24) is 10.3 Å². The van der Waals surface area contributed by atoms with E-state index in [9.17, 15) is 4.79 Å². The van der Waals surface area contributed by atoms with Gasteiger partial charge in [0.2, 0.25) is 0 Å². The van der Waals surface area contributed by atoms with Crippen LogP contribution in [0.5, 0.6) is 5.75 Å². The van der Waals surface area contributed by atoms with Gasteiger partial charge in [-0.05, 0) is 61.6 Å². The molecule has 0 unspecified atom stereocenters. The van der Waals surface area contributed by atoms with Gasteiger partial charge < -0.3 is 10.1 Å². The Hall–Kier alpha value is -2.18. The number of hydrogen-bond acceptors (Lipinski definition) is 5. The van der Waals surface area contributed by atoms with Gasteiger partial charge in [0.05, 0.1) is 22.1 Å². The van der Waals surface area contributed by atoms with E-state index >= 15 is 0 Å². The summed E-state index contributed by atoms with van der Waals surface area (Å²) in [7, 11) is 0. The Balaban J connectivity index is 1.27. The third kappa shape index (κ3) is 3.97. The molecule has 4 nitrogen and oxygen atoms in total. The summed E-state index contributed by atoms with van der Waals surface area (Å²) in [5.74, 6) is 0.670. The molecule has 1 amide bonds. The van der Waals surface area contributed by atoms with E-state index in [2.05, 4.69) is 33.9 Å². The van der Waals surface area contributed by atoms with Crippen molar-refractivity contribution in [3.8, 4) is 16.3 Å². The Morgan fingerprint density at radius 3 is 2.96 bits per heavy atom. The van der Waals surface area contributed by atoms with Gasteiger partial charge in [0.15, 0.2) is 6.61 Å². The number of rotatable bonds is 6. The van der Waals surface area contributed by atoms with Gasteiger partial charge in [-0.15, -0.1) is 22.7 Å². The fraction of sp³-hybridized carbons (Fsp3) is 0.300. The Bertz CT molecular complexity index is 930.